The first-order valence-corrected chi connectivity index (χ1v) is 7.82. The van der Waals surface area contributed by atoms with Crippen LogP contribution in [0.3, 0.4) is 0 Å². The lowest BCUT2D eigenvalue weighted by Gasteiger charge is -2.27. The number of fused-ring (bicyclic) bond motifs is 1. The fourth-order valence-corrected chi connectivity index (χ4v) is 2.55. The number of nitrogens with zero attached hydrogens (tertiary/aromatic N) is 2. The van der Waals surface area contributed by atoms with E-state index in [0.717, 1.165) is 0 Å². The third-order valence-electron chi connectivity index (χ3n) is 3.73. The molecule has 2 heterocycles. The number of halogens is 2. The lowest BCUT2D eigenvalue weighted by atomic mass is 10.2. The van der Waals surface area contributed by atoms with Crippen LogP contribution >= 0.6 is 0 Å². The molecule has 0 saturated heterocycles. The first kappa shape index (κ1) is 16.8. The summed E-state index contributed by atoms with van der Waals surface area (Å²) >= 11 is 0. The third-order valence-corrected chi connectivity index (χ3v) is 3.73. The molecule has 2 N–H and O–H groups in total. The number of hydrogen-bond donors (Lipinski definition) is 2. The van der Waals surface area contributed by atoms with Gasteiger partial charge in [0.05, 0.1) is 5.69 Å². The number of amidine groups is 1. The highest BCUT2D eigenvalue weighted by molar-refractivity contribution is 6.43. The molecule has 2 aromatic carbocycles. The van der Waals surface area contributed by atoms with E-state index in [-0.39, 0.29) is 35.5 Å². The van der Waals surface area contributed by atoms with Gasteiger partial charge in [0.2, 0.25) is 5.84 Å². The highest BCUT2D eigenvalue weighted by Crippen LogP contribution is 2.42. The van der Waals surface area contributed by atoms with Crippen molar-refractivity contribution in [3.63, 3.8) is 0 Å². The van der Waals surface area contributed by atoms with Crippen molar-refractivity contribution in [1.29, 1.82) is 0 Å². The van der Waals surface area contributed by atoms with Gasteiger partial charge in [0.25, 0.3) is 11.8 Å². The molecule has 138 valence electrons. The van der Waals surface area contributed by atoms with Crippen molar-refractivity contribution in [1.82, 2.24) is 5.43 Å². The maximum absolute atomic E-state index is 13.1. The van der Waals surface area contributed by atoms with E-state index in [1.807, 2.05) is 0 Å². The van der Waals surface area contributed by atoms with Crippen LogP contribution in [0.25, 0.3) is 0 Å². The van der Waals surface area contributed by atoms with Crippen LogP contribution in [0.2, 0.25) is 0 Å². The minimum Gasteiger partial charge on any atom is -0.395 e. The molecule has 0 aromatic heterocycles. The molecule has 2 aliphatic rings. The van der Waals surface area contributed by atoms with Gasteiger partial charge in [-0.2, -0.15) is 0 Å². The van der Waals surface area contributed by atoms with Crippen LogP contribution in [-0.4, -0.2) is 30.5 Å². The minimum absolute atomic E-state index is 0.0959. The number of benzene rings is 2. The Morgan fingerprint density at radius 1 is 1.15 bits per heavy atom. The number of carbonyl (C=O) groups is 2. The molecule has 0 fully saturated rings. The minimum atomic E-state index is -3.74. The van der Waals surface area contributed by atoms with Crippen LogP contribution in [-0.2, 0) is 9.59 Å². The van der Waals surface area contributed by atoms with E-state index in [2.05, 4.69) is 25.2 Å². The number of carbonyl (C=O) groups excluding carboxylic acids is 2. The van der Waals surface area contributed by atoms with Crippen molar-refractivity contribution in [3.8, 4) is 11.5 Å². The zero-order valence-electron chi connectivity index (χ0n) is 13.6. The van der Waals surface area contributed by atoms with Crippen molar-refractivity contribution in [3.05, 3.63) is 48.5 Å². The Balaban J connectivity index is 1.48. The summed E-state index contributed by atoms with van der Waals surface area (Å²) in [7, 11) is 0. The maximum atomic E-state index is 13.1. The standard InChI is InChI=1S/C17H12F2N4O4/c18-17(19)26-12-7-6-10(8-13(12)27-17)21-16(25)15-20-9-14(24)23(22-15)11-4-2-1-3-5-11/h1-8H,9H2,(H,20,22)(H,21,25). The van der Waals surface area contributed by atoms with E-state index in [0.29, 0.717) is 5.69 Å². The largest absolute Gasteiger partial charge is 0.586 e. The van der Waals surface area contributed by atoms with E-state index < -0.39 is 12.2 Å². The number of hydrogen-bond acceptors (Lipinski definition) is 6. The van der Waals surface area contributed by atoms with Crippen molar-refractivity contribution in [2.24, 2.45) is 4.99 Å². The lowest BCUT2D eigenvalue weighted by Crippen LogP contribution is -2.54. The van der Waals surface area contributed by atoms with E-state index in [4.69, 9.17) is 0 Å². The molecule has 0 atom stereocenters. The Hall–Kier alpha value is -3.69. The zero-order chi connectivity index (χ0) is 19.0. The number of aliphatic imine (C=N–C) groups is 1. The SMILES string of the molecule is O=C(Nc1ccc2c(c1)OC(F)(F)O2)C1=NCC(=O)N(c2ccccc2)N1. The van der Waals surface area contributed by atoms with Crippen LogP contribution < -0.4 is 25.2 Å². The van der Waals surface area contributed by atoms with E-state index in [9.17, 15) is 18.4 Å². The summed E-state index contributed by atoms with van der Waals surface area (Å²) in [6, 6.07) is 12.5. The summed E-state index contributed by atoms with van der Waals surface area (Å²) in [6.07, 6.45) is -3.74. The van der Waals surface area contributed by atoms with Crippen LogP contribution in [0, 0.1) is 0 Å². The smallest absolute Gasteiger partial charge is 0.395 e. The molecular weight excluding hydrogens is 362 g/mol. The number of ether oxygens (including phenoxy) is 2. The van der Waals surface area contributed by atoms with Gasteiger partial charge in [-0.15, -0.1) is 8.78 Å². The first-order chi connectivity index (χ1) is 12.9. The van der Waals surface area contributed by atoms with Gasteiger partial charge in [0.15, 0.2) is 11.5 Å². The summed E-state index contributed by atoms with van der Waals surface area (Å²) in [5.41, 5.74) is 3.40. The van der Waals surface area contributed by atoms with Gasteiger partial charge >= 0.3 is 6.29 Å². The van der Waals surface area contributed by atoms with Crippen molar-refractivity contribution in [2.75, 3.05) is 16.9 Å². The molecule has 4 rings (SSSR count). The van der Waals surface area contributed by atoms with Crippen LogP contribution in [0.1, 0.15) is 0 Å². The van der Waals surface area contributed by atoms with Gasteiger partial charge in [-0.05, 0) is 24.3 Å². The van der Waals surface area contributed by atoms with Crippen LogP contribution in [0.15, 0.2) is 53.5 Å². The Morgan fingerprint density at radius 2 is 1.89 bits per heavy atom. The molecule has 0 spiro atoms. The van der Waals surface area contributed by atoms with E-state index in [1.165, 1.54) is 23.2 Å². The number of amides is 2. The molecule has 2 amide bonds. The number of para-hydroxylation sites is 1. The number of hydrazine groups is 1. The van der Waals surface area contributed by atoms with E-state index >= 15 is 0 Å². The number of rotatable bonds is 3. The summed E-state index contributed by atoms with van der Waals surface area (Å²) in [6.45, 7) is -0.210. The monoisotopic (exact) mass is 374 g/mol. The average molecular weight is 374 g/mol. The molecule has 2 aliphatic heterocycles. The maximum Gasteiger partial charge on any atom is 0.586 e. The number of alkyl halides is 2. The van der Waals surface area contributed by atoms with E-state index in [1.54, 1.807) is 30.3 Å². The number of nitrogens with one attached hydrogen (secondary N) is 2. The summed E-state index contributed by atoms with van der Waals surface area (Å²) in [5, 5.41) is 3.72. The molecule has 0 saturated carbocycles. The van der Waals surface area contributed by atoms with Gasteiger partial charge in [0, 0.05) is 11.8 Å². The van der Waals surface area contributed by atoms with Crippen LogP contribution in [0.5, 0.6) is 11.5 Å². The third kappa shape index (κ3) is 3.36. The second-order valence-electron chi connectivity index (χ2n) is 5.62. The second-order valence-corrected chi connectivity index (χ2v) is 5.62. The Morgan fingerprint density at radius 3 is 2.67 bits per heavy atom. The Labute approximate surface area is 151 Å². The topological polar surface area (TPSA) is 92.3 Å². The highest BCUT2D eigenvalue weighted by Gasteiger charge is 2.43. The van der Waals surface area contributed by atoms with Crippen molar-refractivity contribution >= 4 is 29.0 Å². The molecular formula is C17H12F2N4O4. The zero-order valence-corrected chi connectivity index (χ0v) is 13.6. The predicted molar refractivity (Wildman–Crippen MR) is 90.6 cm³/mol. The molecule has 0 radical (unpaired) electrons. The fraction of sp³-hybridized carbons (Fsp3) is 0.118. The van der Waals surface area contributed by atoms with Crippen LogP contribution in [0.4, 0.5) is 20.2 Å². The molecule has 2 aromatic rings. The second kappa shape index (κ2) is 6.24. The van der Waals surface area contributed by atoms with Gasteiger partial charge in [-0.3, -0.25) is 20.0 Å². The molecule has 27 heavy (non-hydrogen) atoms. The quantitative estimate of drug-likeness (QED) is 0.856. The summed E-state index contributed by atoms with van der Waals surface area (Å²) < 4.78 is 34.8. The average Bonchev–Trinajstić information content (AvgIpc) is 2.96. The lowest BCUT2D eigenvalue weighted by molar-refractivity contribution is -0.286. The molecule has 0 unspecified atom stereocenters. The summed E-state index contributed by atoms with van der Waals surface area (Å²) in [4.78, 5) is 28.4. The predicted octanol–water partition coefficient (Wildman–Crippen LogP) is 1.90. The van der Waals surface area contributed by atoms with Gasteiger partial charge in [-0.1, -0.05) is 18.2 Å². The van der Waals surface area contributed by atoms with Gasteiger partial charge < -0.3 is 14.8 Å². The Kier molecular flexibility index (Phi) is 3.87. The fourth-order valence-electron chi connectivity index (χ4n) is 2.55. The first-order valence-electron chi connectivity index (χ1n) is 7.82. The summed E-state index contributed by atoms with van der Waals surface area (Å²) in [5.74, 6) is -1.40. The molecule has 0 bridgehead atoms. The normalized spacial score (nSPS) is 17.2. The highest BCUT2D eigenvalue weighted by atomic mass is 19.3. The Bertz CT molecular complexity index is 949. The molecule has 8 nitrogen and oxygen atoms in total. The van der Waals surface area contributed by atoms with Gasteiger partial charge in [-0.25, -0.2) is 5.01 Å². The number of anilines is 2. The van der Waals surface area contributed by atoms with Crippen molar-refractivity contribution in [2.45, 2.75) is 6.29 Å². The molecule has 0 aliphatic carbocycles. The molecule has 10 heteroatoms. The van der Waals surface area contributed by atoms with Crippen molar-refractivity contribution < 1.29 is 27.8 Å². The van der Waals surface area contributed by atoms with Gasteiger partial charge in [0.1, 0.15) is 6.54 Å².